The molecule has 1 rings (SSSR count). The molecule has 1 aliphatic rings. The van der Waals surface area contributed by atoms with Gasteiger partial charge in [0.15, 0.2) is 0 Å². The summed E-state index contributed by atoms with van der Waals surface area (Å²) in [4.78, 5) is 1.80. The maximum Gasteiger partial charge on any atom is 0.142 e. The SMILES string of the molecule is N#C/C(=C\O)C(=N)N1CCCC1. The van der Waals surface area contributed by atoms with E-state index >= 15 is 0 Å². The Kier molecular flexibility index (Phi) is 2.70. The molecule has 0 atom stereocenters. The van der Waals surface area contributed by atoms with Gasteiger partial charge in [0.1, 0.15) is 23.7 Å². The highest BCUT2D eigenvalue weighted by atomic mass is 16.2. The van der Waals surface area contributed by atoms with Crippen LogP contribution in [0.2, 0.25) is 0 Å². The van der Waals surface area contributed by atoms with E-state index in [9.17, 15) is 0 Å². The van der Waals surface area contributed by atoms with Crippen molar-refractivity contribution in [3.63, 3.8) is 0 Å². The molecule has 0 saturated carbocycles. The second kappa shape index (κ2) is 3.77. The molecule has 0 unspecified atom stereocenters. The van der Waals surface area contributed by atoms with Crippen molar-refractivity contribution in [2.45, 2.75) is 12.8 Å². The van der Waals surface area contributed by atoms with Crippen LogP contribution in [0.1, 0.15) is 12.8 Å². The van der Waals surface area contributed by atoms with Gasteiger partial charge in [-0.1, -0.05) is 0 Å². The molecule has 4 nitrogen and oxygen atoms in total. The van der Waals surface area contributed by atoms with E-state index in [1.807, 2.05) is 0 Å². The number of aliphatic hydroxyl groups is 1. The summed E-state index contributed by atoms with van der Waals surface area (Å²) in [5.74, 6) is 0.137. The first kappa shape index (κ1) is 8.60. The van der Waals surface area contributed by atoms with Gasteiger partial charge in [-0.15, -0.1) is 0 Å². The van der Waals surface area contributed by atoms with Crippen molar-refractivity contribution in [3.05, 3.63) is 11.8 Å². The van der Waals surface area contributed by atoms with Crippen molar-refractivity contribution in [2.75, 3.05) is 13.1 Å². The van der Waals surface area contributed by atoms with Gasteiger partial charge in [0.2, 0.25) is 0 Å². The molecular weight excluding hydrogens is 154 g/mol. The molecule has 4 heteroatoms. The molecule has 0 spiro atoms. The number of rotatable bonds is 1. The normalized spacial score (nSPS) is 17.6. The minimum absolute atomic E-state index is 0.0388. The smallest absolute Gasteiger partial charge is 0.142 e. The lowest BCUT2D eigenvalue weighted by molar-refractivity contribution is 0.466. The third-order valence-electron chi connectivity index (χ3n) is 1.93. The summed E-state index contributed by atoms with van der Waals surface area (Å²) < 4.78 is 0. The molecule has 0 aromatic heterocycles. The Morgan fingerprint density at radius 2 is 2.08 bits per heavy atom. The minimum Gasteiger partial charge on any atom is -0.514 e. The van der Waals surface area contributed by atoms with E-state index in [1.165, 1.54) is 0 Å². The van der Waals surface area contributed by atoms with Crippen LogP contribution in [-0.2, 0) is 0 Å². The van der Waals surface area contributed by atoms with Gasteiger partial charge in [-0.2, -0.15) is 5.26 Å². The first-order valence-corrected chi connectivity index (χ1v) is 3.88. The van der Waals surface area contributed by atoms with Crippen LogP contribution in [0.4, 0.5) is 0 Å². The van der Waals surface area contributed by atoms with E-state index in [0.717, 1.165) is 25.9 Å². The fourth-order valence-corrected chi connectivity index (χ4v) is 1.25. The lowest BCUT2D eigenvalue weighted by Gasteiger charge is -2.16. The fourth-order valence-electron chi connectivity index (χ4n) is 1.25. The van der Waals surface area contributed by atoms with Crippen LogP contribution in [0, 0.1) is 16.7 Å². The second-order valence-corrected chi connectivity index (χ2v) is 2.70. The molecule has 0 radical (unpaired) electrons. The molecule has 0 amide bonds. The average Bonchev–Trinajstić information content (AvgIpc) is 2.58. The minimum atomic E-state index is 0.0388. The van der Waals surface area contributed by atoms with Gasteiger partial charge in [-0.3, -0.25) is 5.41 Å². The third-order valence-corrected chi connectivity index (χ3v) is 1.93. The van der Waals surface area contributed by atoms with Gasteiger partial charge in [-0.05, 0) is 12.8 Å². The summed E-state index contributed by atoms with van der Waals surface area (Å²) in [6, 6.07) is 1.77. The molecule has 64 valence electrons. The molecule has 0 aliphatic carbocycles. The molecule has 1 heterocycles. The molecular formula is C8H11N3O. The lowest BCUT2D eigenvalue weighted by atomic mass is 10.3. The molecule has 0 bridgehead atoms. The van der Waals surface area contributed by atoms with Crippen LogP contribution in [-0.4, -0.2) is 28.9 Å². The topological polar surface area (TPSA) is 71.1 Å². The average molecular weight is 165 g/mol. The van der Waals surface area contributed by atoms with Crippen LogP contribution in [0.25, 0.3) is 0 Å². The predicted molar refractivity (Wildman–Crippen MR) is 44.9 cm³/mol. The first-order chi connectivity index (χ1) is 5.79. The van der Waals surface area contributed by atoms with Crippen LogP contribution >= 0.6 is 0 Å². The van der Waals surface area contributed by atoms with Gasteiger partial charge in [0.25, 0.3) is 0 Å². The summed E-state index contributed by atoms with van der Waals surface area (Å²) in [6.45, 7) is 1.63. The highest BCUT2D eigenvalue weighted by molar-refractivity contribution is 5.99. The Hall–Kier alpha value is -1.50. The Morgan fingerprint density at radius 1 is 1.50 bits per heavy atom. The zero-order valence-electron chi connectivity index (χ0n) is 6.75. The Labute approximate surface area is 71.2 Å². The molecule has 1 saturated heterocycles. The Balaban J connectivity index is 2.64. The molecule has 0 aromatic rings. The fraction of sp³-hybridized carbons (Fsp3) is 0.500. The van der Waals surface area contributed by atoms with Crippen molar-refractivity contribution < 1.29 is 5.11 Å². The Morgan fingerprint density at radius 3 is 2.50 bits per heavy atom. The Bertz CT molecular complexity index is 246. The number of likely N-dealkylation sites (tertiary alicyclic amines) is 1. The zero-order valence-corrected chi connectivity index (χ0v) is 6.75. The summed E-state index contributed by atoms with van der Waals surface area (Å²) in [5.41, 5.74) is 0.0388. The summed E-state index contributed by atoms with van der Waals surface area (Å²) in [6.07, 6.45) is 2.82. The standard InChI is InChI=1S/C8H11N3O/c9-5-7(6-12)8(10)11-3-1-2-4-11/h6,10,12H,1-4H2/b7-6+,10-8?. The largest absolute Gasteiger partial charge is 0.514 e. The summed E-state index contributed by atoms with van der Waals surface area (Å²) in [5, 5.41) is 24.6. The van der Waals surface area contributed by atoms with E-state index in [2.05, 4.69) is 0 Å². The van der Waals surface area contributed by atoms with Crippen molar-refractivity contribution >= 4 is 5.84 Å². The first-order valence-electron chi connectivity index (χ1n) is 3.88. The quantitative estimate of drug-likeness (QED) is 0.264. The number of nitrogens with one attached hydrogen (secondary N) is 1. The van der Waals surface area contributed by atoms with Gasteiger partial charge in [0.05, 0.1) is 0 Å². The van der Waals surface area contributed by atoms with Crippen LogP contribution in [0.3, 0.4) is 0 Å². The van der Waals surface area contributed by atoms with Gasteiger partial charge >= 0.3 is 0 Å². The van der Waals surface area contributed by atoms with E-state index in [4.69, 9.17) is 15.8 Å². The maximum atomic E-state index is 8.60. The van der Waals surface area contributed by atoms with Crippen molar-refractivity contribution in [1.82, 2.24) is 4.90 Å². The van der Waals surface area contributed by atoms with Gasteiger partial charge < -0.3 is 10.0 Å². The molecule has 0 aromatic carbocycles. The second-order valence-electron chi connectivity index (χ2n) is 2.70. The van der Waals surface area contributed by atoms with Crippen LogP contribution < -0.4 is 0 Å². The zero-order chi connectivity index (χ0) is 8.97. The molecule has 2 N–H and O–H groups in total. The van der Waals surface area contributed by atoms with E-state index in [0.29, 0.717) is 6.26 Å². The lowest BCUT2D eigenvalue weighted by Crippen LogP contribution is -2.28. The molecule has 12 heavy (non-hydrogen) atoms. The van der Waals surface area contributed by atoms with Gasteiger partial charge in [0, 0.05) is 13.1 Å². The van der Waals surface area contributed by atoms with E-state index < -0.39 is 0 Å². The van der Waals surface area contributed by atoms with E-state index in [-0.39, 0.29) is 11.4 Å². The molecule has 1 aliphatic heterocycles. The van der Waals surface area contributed by atoms with Crippen LogP contribution in [0.5, 0.6) is 0 Å². The van der Waals surface area contributed by atoms with Crippen molar-refractivity contribution in [1.29, 1.82) is 10.7 Å². The maximum absolute atomic E-state index is 8.60. The number of amidine groups is 1. The molecule has 1 fully saturated rings. The van der Waals surface area contributed by atoms with Crippen LogP contribution in [0.15, 0.2) is 11.8 Å². The number of hydrogen-bond donors (Lipinski definition) is 2. The number of aliphatic hydroxyl groups excluding tert-OH is 1. The third kappa shape index (κ3) is 1.56. The highest BCUT2D eigenvalue weighted by Gasteiger charge is 2.17. The predicted octanol–water partition coefficient (Wildman–Crippen LogP) is 1.02. The summed E-state index contributed by atoms with van der Waals surface area (Å²) >= 11 is 0. The van der Waals surface area contributed by atoms with Gasteiger partial charge in [-0.25, -0.2) is 0 Å². The van der Waals surface area contributed by atoms with E-state index in [1.54, 1.807) is 11.0 Å². The highest BCUT2D eigenvalue weighted by Crippen LogP contribution is 2.10. The van der Waals surface area contributed by atoms with Crippen molar-refractivity contribution in [3.8, 4) is 6.07 Å². The van der Waals surface area contributed by atoms with Crippen molar-refractivity contribution in [2.24, 2.45) is 0 Å². The number of hydrogen-bond acceptors (Lipinski definition) is 3. The number of nitrogens with zero attached hydrogens (tertiary/aromatic N) is 2. The number of nitriles is 1. The monoisotopic (exact) mass is 165 g/mol. The summed E-state index contributed by atoms with van der Waals surface area (Å²) in [7, 11) is 0.